The fourth-order valence-electron chi connectivity index (χ4n) is 10.6. The van der Waals surface area contributed by atoms with Gasteiger partial charge in [0.25, 0.3) is 0 Å². The first-order valence-corrected chi connectivity index (χ1v) is 18.9. The Kier molecular flexibility index (Phi) is 7.41. The van der Waals surface area contributed by atoms with E-state index in [1.165, 1.54) is 82.7 Å². The quantitative estimate of drug-likeness (QED) is 0.165. The number of hydrogen-bond acceptors (Lipinski definition) is 1. The van der Waals surface area contributed by atoms with Crippen LogP contribution in [0.2, 0.25) is 0 Å². The van der Waals surface area contributed by atoms with Crippen molar-refractivity contribution in [2.24, 2.45) is 17.8 Å². The molecule has 4 aliphatic rings. The molecule has 248 valence electrons. The van der Waals surface area contributed by atoms with Crippen molar-refractivity contribution in [3.05, 3.63) is 175 Å². The van der Waals surface area contributed by atoms with E-state index >= 15 is 0 Å². The summed E-state index contributed by atoms with van der Waals surface area (Å²) in [5.41, 5.74) is 13.1. The van der Waals surface area contributed by atoms with E-state index in [9.17, 15) is 0 Å². The average Bonchev–Trinajstić information content (AvgIpc) is 3.18. The predicted molar refractivity (Wildman–Crippen MR) is 215 cm³/mol. The van der Waals surface area contributed by atoms with Crippen molar-refractivity contribution in [2.75, 3.05) is 4.90 Å². The third-order valence-electron chi connectivity index (χ3n) is 12.4. The summed E-state index contributed by atoms with van der Waals surface area (Å²) in [5, 5.41) is 2.55. The van der Waals surface area contributed by atoms with Crippen molar-refractivity contribution >= 4 is 27.8 Å². The lowest BCUT2D eigenvalue weighted by molar-refractivity contribution is -0.00492. The fourth-order valence-corrected chi connectivity index (χ4v) is 10.6. The summed E-state index contributed by atoms with van der Waals surface area (Å²) >= 11 is 0. The predicted octanol–water partition coefficient (Wildman–Crippen LogP) is 13.8. The Bertz CT molecular complexity index is 2280. The minimum absolute atomic E-state index is 0.363. The molecular formula is C50H43N. The van der Waals surface area contributed by atoms with Gasteiger partial charge in [-0.2, -0.15) is 0 Å². The lowest BCUT2D eigenvalue weighted by atomic mass is 9.47. The summed E-state index contributed by atoms with van der Waals surface area (Å²) in [7, 11) is 0. The van der Waals surface area contributed by atoms with Crippen LogP contribution in [-0.4, -0.2) is 0 Å². The molecule has 0 heterocycles. The molecule has 4 fully saturated rings. The molecule has 0 amide bonds. The molecule has 0 spiro atoms. The number of nitrogens with zero attached hydrogens (tertiary/aromatic N) is 1. The third-order valence-corrected chi connectivity index (χ3v) is 12.4. The van der Waals surface area contributed by atoms with Crippen LogP contribution in [0.25, 0.3) is 44.2 Å². The van der Waals surface area contributed by atoms with E-state index in [1.54, 1.807) is 5.56 Å². The zero-order valence-electron chi connectivity index (χ0n) is 29.1. The highest BCUT2D eigenvalue weighted by Crippen LogP contribution is 2.61. The van der Waals surface area contributed by atoms with Crippen molar-refractivity contribution in [2.45, 2.75) is 43.9 Å². The van der Waals surface area contributed by atoms with Gasteiger partial charge in [-0.3, -0.25) is 0 Å². The summed E-state index contributed by atoms with van der Waals surface area (Å²) in [6.07, 6.45) is 8.57. The van der Waals surface area contributed by atoms with Crippen molar-refractivity contribution < 1.29 is 0 Å². The maximum Gasteiger partial charge on any atom is 0.0462 e. The SMILES string of the molecule is c1ccc(-c2ccc(N(c3ccc(-c4ccccc4C45CC6CC(CC(C6)C4)C5)cc3)c3ccc(-c4cccc5ccccc45)cc3)cc2)cc1. The smallest absolute Gasteiger partial charge is 0.0462 e. The molecule has 4 aliphatic carbocycles. The van der Waals surface area contributed by atoms with Crippen LogP contribution in [0.3, 0.4) is 0 Å². The topological polar surface area (TPSA) is 3.24 Å². The lowest BCUT2D eigenvalue weighted by Crippen LogP contribution is -2.48. The van der Waals surface area contributed by atoms with Gasteiger partial charge in [0.15, 0.2) is 0 Å². The maximum absolute atomic E-state index is 2.47. The molecule has 51 heavy (non-hydrogen) atoms. The minimum Gasteiger partial charge on any atom is -0.311 e. The first-order valence-electron chi connectivity index (χ1n) is 18.9. The monoisotopic (exact) mass is 657 g/mol. The Morgan fingerprint density at radius 3 is 1.45 bits per heavy atom. The molecule has 0 aliphatic heterocycles. The highest BCUT2D eigenvalue weighted by atomic mass is 15.1. The summed E-state index contributed by atoms with van der Waals surface area (Å²) in [6.45, 7) is 0. The van der Waals surface area contributed by atoms with E-state index in [4.69, 9.17) is 0 Å². The van der Waals surface area contributed by atoms with Crippen molar-refractivity contribution in [1.29, 1.82) is 0 Å². The number of fused-ring (bicyclic) bond motifs is 1. The van der Waals surface area contributed by atoms with E-state index in [0.717, 1.165) is 34.8 Å². The molecule has 1 nitrogen and oxygen atoms in total. The molecule has 0 atom stereocenters. The normalized spacial score (nSPS) is 21.9. The average molecular weight is 658 g/mol. The second-order valence-electron chi connectivity index (χ2n) is 15.6. The van der Waals surface area contributed by atoms with Crippen LogP contribution in [0, 0.1) is 17.8 Å². The van der Waals surface area contributed by atoms with Gasteiger partial charge in [0.05, 0.1) is 0 Å². The van der Waals surface area contributed by atoms with Crippen LogP contribution in [0.1, 0.15) is 44.1 Å². The Balaban J connectivity index is 1.02. The highest BCUT2D eigenvalue weighted by Gasteiger charge is 2.52. The van der Waals surface area contributed by atoms with Crippen LogP contribution in [0.5, 0.6) is 0 Å². The standard InChI is InChI=1S/C50H43N/c1-2-9-38(10-3-1)39-17-23-43(24-18-39)51(44-25-19-41(20-26-44)47-15-8-12-40-11-4-5-13-46(40)47)45-27-21-42(22-28-45)48-14-6-7-16-49(48)50-32-35-29-36(33-50)31-37(30-35)34-50/h1-28,35-37H,29-34H2. The Morgan fingerprint density at radius 1 is 0.373 bits per heavy atom. The highest BCUT2D eigenvalue weighted by molar-refractivity contribution is 5.97. The largest absolute Gasteiger partial charge is 0.311 e. The Morgan fingerprint density at radius 2 is 0.824 bits per heavy atom. The van der Waals surface area contributed by atoms with Crippen LogP contribution >= 0.6 is 0 Å². The number of anilines is 3. The van der Waals surface area contributed by atoms with E-state index in [0.29, 0.717) is 5.41 Å². The van der Waals surface area contributed by atoms with Crippen molar-refractivity contribution in [3.63, 3.8) is 0 Å². The summed E-state index contributed by atoms with van der Waals surface area (Å²) < 4.78 is 0. The fraction of sp³-hybridized carbons (Fsp3) is 0.200. The van der Waals surface area contributed by atoms with Gasteiger partial charge in [-0.05, 0) is 148 Å². The molecule has 7 aromatic carbocycles. The second kappa shape index (κ2) is 12.4. The minimum atomic E-state index is 0.363. The number of benzene rings is 7. The maximum atomic E-state index is 2.47. The van der Waals surface area contributed by atoms with Gasteiger partial charge in [0.1, 0.15) is 0 Å². The molecule has 4 bridgehead atoms. The molecule has 0 radical (unpaired) electrons. The van der Waals surface area contributed by atoms with E-state index in [2.05, 4.69) is 175 Å². The molecule has 4 saturated carbocycles. The molecule has 0 aromatic heterocycles. The molecule has 7 aromatic rings. The second-order valence-corrected chi connectivity index (χ2v) is 15.6. The van der Waals surface area contributed by atoms with Gasteiger partial charge in [-0.25, -0.2) is 0 Å². The first-order chi connectivity index (χ1) is 25.2. The first kappa shape index (κ1) is 30.4. The zero-order valence-corrected chi connectivity index (χ0v) is 29.1. The molecule has 1 heteroatoms. The van der Waals surface area contributed by atoms with Gasteiger partial charge in [-0.15, -0.1) is 0 Å². The number of hydrogen-bond donors (Lipinski definition) is 0. The molecule has 0 N–H and O–H groups in total. The summed E-state index contributed by atoms with van der Waals surface area (Å²) in [5.74, 6) is 2.79. The molecule has 11 rings (SSSR count). The van der Waals surface area contributed by atoms with Crippen molar-refractivity contribution in [1.82, 2.24) is 0 Å². The summed E-state index contributed by atoms with van der Waals surface area (Å²) in [6, 6.07) is 62.8. The van der Waals surface area contributed by atoms with Gasteiger partial charge in [-0.1, -0.05) is 133 Å². The number of rotatable bonds is 7. The Hall–Kier alpha value is -5.40. The van der Waals surface area contributed by atoms with Crippen LogP contribution in [0.4, 0.5) is 17.1 Å². The lowest BCUT2D eigenvalue weighted by Gasteiger charge is -2.57. The van der Waals surface area contributed by atoms with Crippen LogP contribution in [-0.2, 0) is 5.41 Å². The third kappa shape index (κ3) is 5.47. The van der Waals surface area contributed by atoms with Gasteiger partial charge < -0.3 is 4.90 Å². The molecule has 0 unspecified atom stereocenters. The van der Waals surface area contributed by atoms with Crippen molar-refractivity contribution in [3.8, 4) is 33.4 Å². The van der Waals surface area contributed by atoms with Gasteiger partial charge in [0.2, 0.25) is 0 Å². The van der Waals surface area contributed by atoms with Gasteiger partial charge >= 0.3 is 0 Å². The molecular weight excluding hydrogens is 615 g/mol. The van der Waals surface area contributed by atoms with E-state index in [-0.39, 0.29) is 0 Å². The van der Waals surface area contributed by atoms with E-state index in [1.807, 2.05) is 0 Å². The van der Waals surface area contributed by atoms with Gasteiger partial charge in [0, 0.05) is 17.1 Å². The zero-order chi connectivity index (χ0) is 33.8. The van der Waals surface area contributed by atoms with Crippen LogP contribution in [0.15, 0.2) is 170 Å². The Labute approximate surface area is 302 Å². The molecule has 0 saturated heterocycles. The van der Waals surface area contributed by atoms with E-state index < -0.39 is 0 Å². The van der Waals surface area contributed by atoms with Crippen LogP contribution < -0.4 is 4.90 Å². The summed E-state index contributed by atoms with van der Waals surface area (Å²) in [4.78, 5) is 2.40.